The highest BCUT2D eigenvalue weighted by atomic mass is 14.7. The maximum atomic E-state index is 6.14. The van der Waals surface area contributed by atoms with Crippen molar-refractivity contribution in [3.8, 4) is 0 Å². The Bertz CT molecular complexity index is 113. The van der Waals surface area contributed by atoms with E-state index in [0.717, 1.165) is 32.2 Å². The van der Waals surface area contributed by atoms with Crippen LogP contribution in [0, 0.1) is 5.41 Å². The molecule has 0 heterocycles. The lowest BCUT2D eigenvalue weighted by Gasteiger charge is -2.36. The summed E-state index contributed by atoms with van der Waals surface area (Å²) >= 11 is 0. The minimum Gasteiger partial charge on any atom is -0.330 e. The van der Waals surface area contributed by atoms with Gasteiger partial charge in [0.1, 0.15) is 0 Å². The van der Waals surface area contributed by atoms with Gasteiger partial charge in [-0.1, -0.05) is 13.8 Å². The molecule has 6 N–H and O–H groups in total. The molecule has 0 spiro atoms. The van der Waals surface area contributed by atoms with Crippen molar-refractivity contribution in [1.82, 2.24) is 0 Å². The summed E-state index contributed by atoms with van der Waals surface area (Å²) in [4.78, 5) is 0. The standard InChI is InChI=1S/C10H25N3/c1-3-10(4-2,8-12)9(13)6-5-7-11/h9H,3-8,11-13H2,1-2H3. The number of hydrogen-bond donors (Lipinski definition) is 3. The van der Waals surface area contributed by atoms with E-state index in [1.807, 2.05) is 0 Å². The molecule has 0 amide bonds. The smallest absolute Gasteiger partial charge is 0.0108 e. The van der Waals surface area contributed by atoms with E-state index < -0.39 is 0 Å². The van der Waals surface area contributed by atoms with Gasteiger partial charge in [-0.05, 0) is 44.2 Å². The van der Waals surface area contributed by atoms with Gasteiger partial charge in [-0.3, -0.25) is 0 Å². The lowest BCUT2D eigenvalue weighted by Crippen LogP contribution is -2.46. The van der Waals surface area contributed by atoms with Gasteiger partial charge in [0.05, 0.1) is 0 Å². The quantitative estimate of drug-likeness (QED) is 0.552. The third-order valence-electron chi connectivity index (χ3n) is 3.32. The number of hydrogen-bond acceptors (Lipinski definition) is 3. The van der Waals surface area contributed by atoms with E-state index in [4.69, 9.17) is 17.2 Å². The molecular formula is C10H25N3. The van der Waals surface area contributed by atoms with Crippen LogP contribution in [-0.4, -0.2) is 19.1 Å². The van der Waals surface area contributed by atoms with Crippen LogP contribution in [0.3, 0.4) is 0 Å². The van der Waals surface area contributed by atoms with E-state index >= 15 is 0 Å². The molecule has 1 unspecified atom stereocenters. The van der Waals surface area contributed by atoms with Crippen molar-refractivity contribution in [1.29, 1.82) is 0 Å². The molecule has 3 heteroatoms. The van der Waals surface area contributed by atoms with Crippen molar-refractivity contribution in [2.75, 3.05) is 13.1 Å². The van der Waals surface area contributed by atoms with Crippen molar-refractivity contribution in [3.63, 3.8) is 0 Å². The Morgan fingerprint density at radius 2 is 1.69 bits per heavy atom. The van der Waals surface area contributed by atoms with Crippen LogP contribution >= 0.6 is 0 Å². The van der Waals surface area contributed by atoms with Gasteiger partial charge in [-0.25, -0.2) is 0 Å². The molecule has 0 aromatic rings. The van der Waals surface area contributed by atoms with Crippen molar-refractivity contribution >= 4 is 0 Å². The second kappa shape index (κ2) is 6.35. The summed E-state index contributed by atoms with van der Waals surface area (Å²) in [6.45, 7) is 5.74. The first-order valence-corrected chi connectivity index (χ1v) is 5.32. The normalized spacial score (nSPS) is 14.5. The average molecular weight is 187 g/mol. The van der Waals surface area contributed by atoms with Crippen LogP contribution in [0.5, 0.6) is 0 Å². The van der Waals surface area contributed by atoms with Crippen LogP contribution in [0.2, 0.25) is 0 Å². The van der Waals surface area contributed by atoms with E-state index in [1.165, 1.54) is 0 Å². The van der Waals surface area contributed by atoms with Gasteiger partial charge in [0.15, 0.2) is 0 Å². The Hall–Kier alpha value is -0.120. The molecule has 0 aromatic heterocycles. The minimum atomic E-state index is 0.134. The lowest BCUT2D eigenvalue weighted by molar-refractivity contribution is 0.202. The molecule has 0 aliphatic heterocycles. The van der Waals surface area contributed by atoms with Crippen LogP contribution in [0.25, 0.3) is 0 Å². The highest BCUT2D eigenvalue weighted by Crippen LogP contribution is 2.30. The van der Waals surface area contributed by atoms with Crippen molar-refractivity contribution < 1.29 is 0 Å². The van der Waals surface area contributed by atoms with Gasteiger partial charge in [-0.15, -0.1) is 0 Å². The molecule has 13 heavy (non-hydrogen) atoms. The van der Waals surface area contributed by atoms with E-state index in [9.17, 15) is 0 Å². The lowest BCUT2D eigenvalue weighted by atomic mass is 9.74. The average Bonchev–Trinajstić information content (AvgIpc) is 2.18. The van der Waals surface area contributed by atoms with Crippen molar-refractivity contribution in [2.45, 2.75) is 45.6 Å². The van der Waals surface area contributed by atoms with E-state index in [0.29, 0.717) is 6.54 Å². The number of nitrogens with two attached hydrogens (primary N) is 3. The molecule has 0 saturated carbocycles. The van der Waals surface area contributed by atoms with Gasteiger partial charge in [-0.2, -0.15) is 0 Å². The second-order valence-corrected chi connectivity index (χ2v) is 3.81. The highest BCUT2D eigenvalue weighted by molar-refractivity contribution is 4.88. The highest BCUT2D eigenvalue weighted by Gasteiger charge is 2.31. The maximum Gasteiger partial charge on any atom is 0.0108 e. The molecule has 0 bridgehead atoms. The fraction of sp³-hybridized carbons (Fsp3) is 1.00. The third-order valence-corrected chi connectivity index (χ3v) is 3.32. The van der Waals surface area contributed by atoms with E-state index in [1.54, 1.807) is 0 Å². The van der Waals surface area contributed by atoms with Crippen LogP contribution in [-0.2, 0) is 0 Å². The molecule has 0 radical (unpaired) electrons. The summed E-state index contributed by atoms with van der Waals surface area (Å²) in [7, 11) is 0. The summed E-state index contributed by atoms with van der Waals surface area (Å²) in [6, 6.07) is 0.205. The molecule has 0 aliphatic rings. The van der Waals surface area contributed by atoms with Crippen LogP contribution in [0.4, 0.5) is 0 Å². The van der Waals surface area contributed by atoms with Gasteiger partial charge >= 0.3 is 0 Å². The third kappa shape index (κ3) is 3.25. The molecule has 1 atom stereocenters. The zero-order chi connectivity index (χ0) is 10.3. The van der Waals surface area contributed by atoms with Crippen LogP contribution < -0.4 is 17.2 Å². The fourth-order valence-corrected chi connectivity index (χ4v) is 1.86. The topological polar surface area (TPSA) is 78.1 Å². The molecule has 0 rings (SSSR count). The molecule has 80 valence electrons. The summed E-state index contributed by atoms with van der Waals surface area (Å²) in [5, 5.41) is 0. The summed E-state index contributed by atoms with van der Waals surface area (Å²) in [6.07, 6.45) is 4.12. The first-order chi connectivity index (χ1) is 6.16. The molecular weight excluding hydrogens is 162 g/mol. The summed E-state index contributed by atoms with van der Waals surface area (Å²) in [5.74, 6) is 0. The van der Waals surface area contributed by atoms with E-state index in [-0.39, 0.29) is 11.5 Å². The van der Waals surface area contributed by atoms with Crippen LogP contribution in [0.1, 0.15) is 39.5 Å². The predicted molar refractivity (Wildman–Crippen MR) is 58.3 cm³/mol. The Kier molecular flexibility index (Phi) is 6.29. The molecule has 0 saturated heterocycles. The Morgan fingerprint density at radius 1 is 1.15 bits per heavy atom. The van der Waals surface area contributed by atoms with E-state index in [2.05, 4.69) is 13.8 Å². The van der Waals surface area contributed by atoms with Gasteiger partial charge in [0.2, 0.25) is 0 Å². The van der Waals surface area contributed by atoms with Gasteiger partial charge in [0.25, 0.3) is 0 Å². The van der Waals surface area contributed by atoms with Crippen molar-refractivity contribution in [3.05, 3.63) is 0 Å². The fourth-order valence-electron chi connectivity index (χ4n) is 1.86. The second-order valence-electron chi connectivity index (χ2n) is 3.81. The molecule has 0 aromatic carbocycles. The number of rotatable bonds is 7. The first kappa shape index (κ1) is 12.9. The van der Waals surface area contributed by atoms with Crippen molar-refractivity contribution in [2.24, 2.45) is 22.6 Å². The Balaban J connectivity index is 4.17. The summed E-state index contributed by atoms with van der Waals surface area (Å²) in [5.41, 5.74) is 17.5. The Morgan fingerprint density at radius 3 is 2.00 bits per heavy atom. The SMILES string of the molecule is CCC(CC)(CN)C(N)CCCN. The monoisotopic (exact) mass is 187 g/mol. The molecule has 0 aliphatic carbocycles. The minimum absolute atomic E-state index is 0.134. The zero-order valence-electron chi connectivity index (χ0n) is 9.05. The predicted octanol–water partition coefficient (Wildman–Crippen LogP) is 0.818. The van der Waals surface area contributed by atoms with Gasteiger partial charge < -0.3 is 17.2 Å². The van der Waals surface area contributed by atoms with Crippen LogP contribution in [0.15, 0.2) is 0 Å². The first-order valence-electron chi connectivity index (χ1n) is 5.32. The largest absolute Gasteiger partial charge is 0.330 e. The van der Waals surface area contributed by atoms with Gasteiger partial charge in [0, 0.05) is 6.04 Å². The molecule has 0 fully saturated rings. The summed E-state index contributed by atoms with van der Waals surface area (Å²) < 4.78 is 0. The Labute approximate surface area is 82.0 Å². The zero-order valence-corrected chi connectivity index (χ0v) is 9.05. The molecule has 3 nitrogen and oxygen atoms in total. The maximum absolute atomic E-state index is 6.14.